The van der Waals surface area contributed by atoms with Crippen LogP contribution in [0.25, 0.3) is 22.2 Å². The van der Waals surface area contributed by atoms with E-state index in [1.807, 2.05) is 0 Å². The molecule has 0 saturated carbocycles. The van der Waals surface area contributed by atoms with Gasteiger partial charge in [0.1, 0.15) is 23.2 Å². The molecule has 1 aliphatic rings. The Labute approximate surface area is 244 Å². The minimum absolute atomic E-state index is 0.00370. The fourth-order valence-corrected chi connectivity index (χ4v) is 5.17. The highest BCUT2D eigenvalue weighted by Crippen LogP contribution is 2.49. The molecule has 0 fully saturated rings. The lowest BCUT2D eigenvalue weighted by atomic mass is 10.00. The van der Waals surface area contributed by atoms with Gasteiger partial charge in [0.2, 0.25) is 0 Å². The number of carbonyl (C=O) groups is 1. The van der Waals surface area contributed by atoms with Gasteiger partial charge in [0.05, 0.1) is 28.2 Å². The zero-order chi connectivity index (χ0) is 29.6. The van der Waals surface area contributed by atoms with Crippen molar-refractivity contribution in [3.05, 3.63) is 106 Å². The molecule has 3 aromatic carbocycles. The molecule has 0 radical (unpaired) electrons. The number of aromatic carboxylic acids is 1. The van der Waals surface area contributed by atoms with Crippen molar-refractivity contribution in [1.82, 2.24) is 14.5 Å². The maximum Gasteiger partial charge on any atom is 0.335 e. The van der Waals surface area contributed by atoms with Crippen LogP contribution < -0.4 is 9.47 Å². The Morgan fingerprint density at radius 1 is 1.07 bits per heavy atom. The van der Waals surface area contributed by atoms with Gasteiger partial charge in [0, 0.05) is 44.3 Å². The van der Waals surface area contributed by atoms with Crippen molar-refractivity contribution < 1.29 is 32.9 Å². The van der Waals surface area contributed by atoms with Crippen molar-refractivity contribution in [3.8, 4) is 22.6 Å². The average Bonchev–Trinajstić information content (AvgIpc) is 3.50. The summed E-state index contributed by atoms with van der Waals surface area (Å²) in [7, 11) is 1.54. The standard InChI is InChI=1S/C31H24ClF2N3O5/c1-31(27-9-7-19(32)16-35-27)41-26-5-3-4-20(29(26)42-31)21-15-22(33)18(12-23(21)34)14-28-36-24-8-6-17(30(38)39)13-25(24)37(28)10-11-40-2/h3-9,12-13,15-16H,10-11,14H2,1-2H3,(H,38,39). The number of ether oxygens (including phenoxy) is 3. The van der Waals surface area contributed by atoms with E-state index >= 15 is 8.78 Å². The molecule has 1 N–H and O–H groups in total. The zero-order valence-corrected chi connectivity index (χ0v) is 23.3. The number of carboxylic acids is 1. The monoisotopic (exact) mass is 591 g/mol. The van der Waals surface area contributed by atoms with Gasteiger partial charge in [-0.2, -0.15) is 0 Å². The summed E-state index contributed by atoms with van der Waals surface area (Å²) in [4.78, 5) is 20.4. The lowest BCUT2D eigenvalue weighted by molar-refractivity contribution is -0.0715. The number of hydrogen-bond acceptors (Lipinski definition) is 6. The van der Waals surface area contributed by atoms with Crippen LogP contribution in [0.15, 0.2) is 66.9 Å². The molecule has 214 valence electrons. The van der Waals surface area contributed by atoms with Crippen molar-refractivity contribution in [3.63, 3.8) is 0 Å². The first-order valence-electron chi connectivity index (χ1n) is 13.0. The van der Waals surface area contributed by atoms with Crippen LogP contribution in [-0.2, 0) is 23.5 Å². The molecule has 6 rings (SSSR count). The summed E-state index contributed by atoms with van der Waals surface area (Å²) < 4.78 is 50.5. The topological polar surface area (TPSA) is 95.7 Å². The number of nitrogens with zero attached hydrogens (tertiary/aromatic N) is 3. The number of imidazole rings is 1. The molecule has 42 heavy (non-hydrogen) atoms. The number of hydrogen-bond donors (Lipinski definition) is 1. The zero-order valence-electron chi connectivity index (χ0n) is 22.5. The van der Waals surface area contributed by atoms with Crippen LogP contribution in [0.3, 0.4) is 0 Å². The second-order valence-electron chi connectivity index (χ2n) is 9.93. The largest absolute Gasteiger partial charge is 0.478 e. The van der Waals surface area contributed by atoms with E-state index in [0.29, 0.717) is 52.0 Å². The number of rotatable bonds is 8. The highest BCUT2D eigenvalue weighted by Gasteiger charge is 2.41. The van der Waals surface area contributed by atoms with E-state index in [2.05, 4.69) is 9.97 Å². The number of pyridine rings is 1. The van der Waals surface area contributed by atoms with Crippen LogP contribution in [0.1, 0.15) is 34.4 Å². The summed E-state index contributed by atoms with van der Waals surface area (Å²) in [5, 5.41) is 9.88. The molecule has 0 spiro atoms. The van der Waals surface area contributed by atoms with Gasteiger partial charge in [-0.05, 0) is 54.1 Å². The lowest BCUT2D eigenvalue weighted by Gasteiger charge is -2.22. The van der Waals surface area contributed by atoms with Crippen molar-refractivity contribution in [1.29, 1.82) is 0 Å². The van der Waals surface area contributed by atoms with E-state index in [9.17, 15) is 9.90 Å². The highest BCUT2D eigenvalue weighted by atomic mass is 35.5. The molecule has 1 atom stereocenters. The van der Waals surface area contributed by atoms with Crippen LogP contribution in [0.5, 0.6) is 11.5 Å². The van der Waals surface area contributed by atoms with Crippen LogP contribution >= 0.6 is 11.6 Å². The molecule has 0 saturated heterocycles. The quantitative estimate of drug-likeness (QED) is 0.217. The van der Waals surface area contributed by atoms with E-state index < -0.39 is 23.4 Å². The van der Waals surface area contributed by atoms with E-state index in [0.717, 1.165) is 12.1 Å². The minimum Gasteiger partial charge on any atom is -0.478 e. The predicted molar refractivity (Wildman–Crippen MR) is 151 cm³/mol. The molecule has 1 aliphatic heterocycles. The van der Waals surface area contributed by atoms with Gasteiger partial charge < -0.3 is 23.9 Å². The van der Waals surface area contributed by atoms with Crippen molar-refractivity contribution in [2.75, 3.05) is 13.7 Å². The lowest BCUT2D eigenvalue weighted by Crippen LogP contribution is -2.32. The third-order valence-corrected chi connectivity index (χ3v) is 7.36. The molecule has 2 aromatic heterocycles. The Hall–Kier alpha value is -4.54. The Bertz CT molecular complexity index is 1840. The summed E-state index contributed by atoms with van der Waals surface area (Å²) in [5.41, 5.74) is 2.07. The molecule has 3 heterocycles. The van der Waals surface area contributed by atoms with Gasteiger partial charge in [-0.15, -0.1) is 0 Å². The van der Waals surface area contributed by atoms with Crippen LogP contribution in [0.2, 0.25) is 5.02 Å². The van der Waals surface area contributed by atoms with Gasteiger partial charge in [-0.3, -0.25) is 4.98 Å². The summed E-state index contributed by atoms with van der Waals surface area (Å²) in [6, 6.07) is 15.1. The van der Waals surface area contributed by atoms with E-state index in [4.69, 9.17) is 25.8 Å². The average molecular weight is 592 g/mol. The first kappa shape index (κ1) is 27.6. The number of carboxylic acid groups (broad SMARTS) is 1. The third kappa shape index (κ3) is 4.93. The molecular formula is C31H24ClF2N3O5. The number of methoxy groups -OCH3 is 1. The van der Waals surface area contributed by atoms with Crippen LogP contribution in [0, 0.1) is 11.6 Å². The second kappa shape index (κ2) is 10.7. The van der Waals surface area contributed by atoms with Crippen molar-refractivity contribution in [2.24, 2.45) is 0 Å². The third-order valence-electron chi connectivity index (χ3n) is 7.14. The van der Waals surface area contributed by atoms with Crippen LogP contribution in [-0.4, -0.2) is 39.3 Å². The van der Waals surface area contributed by atoms with Crippen molar-refractivity contribution >= 4 is 28.6 Å². The Balaban J connectivity index is 1.35. The molecular weight excluding hydrogens is 568 g/mol. The molecule has 5 aromatic rings. The van der Waals surface area contributed by atoms with Gasteiger partial charge in [0.15, 0.2) is 11.5 Å². The maximum atomic E-state index is 15.7. The fourth-order valence-electron chi connectivity index (χ4n) is 5.06. The molecule has 0 amide bonds. The first-order valence-corrected chi connectivity index (χ1v) is 13.4. The molecule has 0 bridgehead atoms. The van der Waals surface area contributed by atoms with Crippen molar-refractivity contribution in [2.45, 2.75) is 25.7 Å². The Kier molecular flexibility index (Phi) is 7.04. The van der Waals surface area contributed by atoms with Gasteiger partial charge in [-0.25, -0.2) is 18.6 Å². The molecule has 0 aliphatic carbocycles. The van der Waals surface area contributed by atoms with Crippen LogP contribution in [0.4, 0.5) is 8.78 Å². The summed E-state index contributed by atoms with van der Waals surface area (Å²) in [6.45, 7) is 2.35. The fraction of sp³-hybridized carbons (Fsp3) is 0.194. The Morgan fingerprint density at radius 2 is 1.90 bits per heavy atom. The smallest absolute Gasteiger partial charge is 0.335 e. The molecule has 1 unspecified atom stereocenters. The predicted octanol–water partition coefficient (Wildman–Crippen LogP) is 6.61. The summed E-state index contributed by atoms with van der Waals surface area (Å²) in [5.74, 6) is -2.59. The van der Waals surface area contributed by atoms with E-state index in [-0.39, 0.29) is 28.9 Å². The SMILES string of the molecule is COCCn1c(Cc2cc(F)c(-c3cccc4c3OC(C)(c3ccc(Cl)cn3)O4)cc2F)nc2ccc(C(=O)O)cc21. The maximum absolute atomic E-state index is 15.7. The number of halogens is 3. The van der Waals surface area contributed by atoms with E-state index in [1.54, 1.807) is 55.0 Å². The van der Waals surface area contributed by atoms with Gasteiger partial charge in [0.25, 0.3) is 5.79 Å². The van der Waals surface area contributed by atoms with Gasteiger partial charge >= 0.3 is 5.97 Å². The summed E-state index contributed by atoms with van der Waals surface area (Å²) >= 11 is 5.97. The highest BCUT2D eigenvalue weighted by molar-refractivity contribution is 6.30. The first-order chi connectivity index (χ1) is 20.2. The minimum atomic E-state index is -1.29. The number of aromatic nitrogens is 3. The Morgan fingerprint density at radius 3 is 2.64 bits per heavy atom. The van der Waals surface area contributed by atoms with E-state index in [1.165, 1.54) is 18.3 Å². The molecule has 11 heteroatoms. The second-order valence-corrected chi connectivity index (χ2v) is 10.4. The van der Waals surface area contributed by atoms with Gasteiger partial charge in [-0.1, -0.05) is 23.7 Å². The molecule has 8 nitrogen and oxygen atoms in total. The summed E-state index contributed by atoms with van der Waals surface area (Å²) in [6.07, 6.45) is 1.44. The number of benzene rings is 3. The number of para-hydroxylation sites is 1. The normalized spacial score (nSPS) is 15.8. The number of fused-ring (bicyclic) bond motifs is 2.